The maximum atomic E-state index is 4.88. The number of rotatable bonds is 5. The Bertz CT molecular complexity index is 1210. The van der Waals surface area contributed by atoms with Crippen LogP contribution in [0.3, 0.4) is 0 Å². The molecule has 2 heterocycles. The van der Waals surface area contributed by atoms with Crippen LogP contribution in [-0.2, 0) is 0 Å². The molecule has 0 saturated carbocycles. The fourth-order valence-electron chi connectivity index (χ4n) is 3.18. The monoisotopic (exact) mass is 394 g/mol. The summed E-state index contributed by atoms with van der Waals surface area (Å²) in [6.07, 6.45) is 2.05. The first-order valence-electron chi connectivity index (χ1n) is 9.35. The molecule has 0 unspecified atom stereocenters. The molecular weight excluding hydrogens is 376 g/mol. The van der Waals surface area contributed by atoms with Gasteiger partial charge in [0.1, 0.15) is 5.69 Å². The van der Waals surface area contributed by atoms with Gasteiger partial charge in [0, 0.05) is 28.4 Å². The topological polar surface area (TPSA) is 42.7 Å². The number of nitrogens with one attached hydrogen (secondary N) is 1. The Labute approximate surface area is 173 Å². The Kier molecular flexibility index (Phi) is 4.64. The lowest BCUT2D eigenvalue weighted by atomic mass is 10.1. The smallest absolute Gasteiger partial charge is 0.187 e. The van der Waals surface area contributed by atoms with Gasteiger partial charge in [0.15, 0.2) is 5.13 Å². The first-order chi connectivity index (χ1) is 14.4. The molecule has 4 nitrogen and oxygen atoms in total. The van der Waals surface area contributed by atoms with Gasteiger partial charge in [-0.2, -0.15) is 5.10 Å². The minimum absolute atomic E-state index is 0.859. The summed E-state index contributed by atoms with van der Waals surface area (Å²) in [4.78, 5) is 4.82. The van der Waals surface area contributed by atoms with Crippen molar-refractivity contribution in [2.45, 2.75) is 0 Å². The lowest BCUT2D eigenvalue weighted by Crippen LogP contribution is -1.93. The van der Waals surface area contributed by atoms with E-state index in [-0.39, 0.29) is 0 Å². The maximum Gasteiger partial charge on any atom is 0.187 e. The van der Waals surface area contributed by atoms with Crippen molar-refractivity contribution in [3.8, 4) is 28.2 Å². The summed E-state index contributed by atoms with van der Waals surface area (Å²) in [6.45, 7) is 0. The van der Waals surface area contributed by atoms with Gasteiger partial charge in [0.05, 0.1) is 11.4 Å². The number of hydrogen-bond donors (Lipinski definition) is 1. The summed E-state index contributed by atoms with van der Waals surface area (Å²) >= 11 is 1.59. The Morgan fingerprint density at radius 2 is 1.41 bits per heavy atom. The van der Waals surface area contributed by atoms with E-state index in [4.69, 9.17) is 10.1 Å². The van der Waals surface area contributed by atoms with Crippen LogP contribution in [0.15, 0.2) is 103 Å². The lowest BCUT2D eigenvalue weighted by molar-refractivity contribution is 0.884. The molecule has 0 atom stereocenters. The Morgan fingerprint density at radius 3 is 2.14 bits per heavy atom. The minimum atomic E-state index is 0.859. The van der Waals surface area contributed by atoms with Crippen LogP contribution < -0.4 is 5.32 Å². The second-order valence-electron chi connectivity index (χ2n) is 6.57. The lowest BCUT2D eigenvalue weighted by Gasteiger charge is -2.01. The fourth-order valence-corrected chi connectivity index (χ4v) is 3.91. The van der Waals surface area contributed by atoms with Gasteiger partial charge in [-0.25, -0.2) is 9.67 Å². The maximum absolute atomic E-state index is 4.88. The number of nitrogens with zero attached hydrogens (tertiary/aromatic N) is 3. The molecule has 3 aromatic carbocycles. The van der Waals surface area contributed by atoms with Crippen LogP contribution in [0.5, 0.6) is 0 Å². The van der Waals surface area contributed by atoms with Crippen molar-refractivity contribution in [1.82, 2.24) is 14.8 Å². The van der Waals surface area contributed by atoms with Crippen LogP contribution in [0.1, 0.15) is 0 Å². The van der Waals surface area contributed by atoms with Crippen molar-refractivity contribution in [3.63, 3.8) is 0 Å². The Hall–Kier alpha value is -3.70. The molecule has 140 valence electrons. The van der Waals surface area contributed by atoms with E-state index in [0.717, 1.165) is 39.0 Å². The van der Waals surface area contributed by atoms with Crippen LogP contribution in [0, 0.1) is 0 Å². The van der Waals surface area contributed by atoms with Gasteiger partial charge in [0.2, 0.25) is 0 Å². The van der Waals surface area contributed by atoms with Gasteiger partial charge in [-0.1, -0.05) is 66.7 Å². The largest absolute Gasteiger partial charge is 0.332 e. The van der Waals surface area contributed by atoms with Crippen LogP contribution >= 0.6 is 11.3 Å². The van der Waals surface area contributed by atoms with Crippen molar-refractivity contribution in [1.29, 1.82) is 0 Å². The van der Waals surface area contributed by atoms with E-state index >= 15 is 0 Å². The molecule has 5 aromatic rings. The van der Waals surface area contributed by atoms with Gasteiger partial charge in [-0.05, 0) is 24.3 Å². The number of anilines is 2. The van der Waals surface area contributed by atoms with Gasteiger partial charge in [0.25, 0.3) is 0 Å². The van der Waals surface area contributed by atoms with Crippen LogP contribution in [0.4, 0.5) is 10.8 Å². The number of para-hydroxylation sites is 2. The van der Waals surface area contributed by atoms with Crippen molar-refractivity contribution < 1.29 is 0 Å². The van der Waals surface area contributed by atoms with Crippen molar-refractivity contribution >= 4 is 22.2 Å². The fraction of sp³-hybridized carbons (Fsp3) is 0. The van der Waals surface area contributed by atoms with E-state index < -0.39 is 0 Å². The summed E-state index contributed by atoms with van der Waals surface area (Å²) in [7, 11) is 0. The Balaban J connectivity index is 1.56. The highest BCUT2D eigenvalue weighted by atomic mass is 32.1. The molecule has 0 radical (unpaired) electrons. The van der Waals surface area contributed by atoms with Gasteiger partial charge < -0.3 is 5.32 Å². The summed E-state index contributed by atoms with van der Waals surface area (Å²) in [5.41, 5.74) is 5.96. The normalized spacial score (nSPS) is 10.8. The zero-order valence-electron chi connectivity index (χ0n) is 15.6. The van der Waals surface area contributed by atoms with Crippen LogP contribution in [0.2, 0.25) is 0 Å². The molecule has 0 aliphatic heterocycles. The quantitative estimate of drug-likeness (QED) is 0.375. The molecule has 0 bridgehead atoms. The molecule has 5 rings (SSSR count). The molecule has 1 N–H and O–H groups in total. The predicted octanol–water partition coefficient (Wildman–Crippen LogP) is 6.41. The second kappa shape index (κ2) is 7.73. The highest BCUT2D eigenvalue weighted by Gasteiger charge is 2.16. The van der Waals surface area contributed by atoms with E-state index in [1.807, 2.05) is 71.4 Å². The van der Waals surface area contributed by atoms with Crippen molar-refractivity contribution in [3.05, 3.63) is 103 Å². The Morgan fingerprint density at radius 1 is 0.759 bits per heavy atom. The molecule has 0 aliphatic carbocycles. The summed E-state index contributed by atoms with van der Waals surface area (Å²) < 4.78 is 1.92. The highest BCUT2D eigenvalue weighted by molar-refractivity contribution is 7.14. The third-order valence-electron chi connectivity index (χ3n) is 4.59. The SMILES string of the molecule is c1ccc(Nc2nc(-c3cn(-c4ccccc4)nc3-c3ccccc3)cs2)cc1. The molecule has 0 spiro atoms. The average molecular weight is 395 g/mol. The molecule has 0 saturated heterocycles. The minimum Gasteiger partial charge on any atom is -0.332 e. The van der Waals surface area contributed by atoms with Crippen LogP contribution in [0.25, 0.3) is 28.2 Å². The zero-order valence-corrected chi connectivity index (χ0v) is 16.4. The van der Waals surface area contributed by atoms with E-state index in [2.05, 4.69) is 41.2 Å². The van der Waals surface area contributed by atoms with Gasteiger partial charge >= 0.3 is 0 Å². The molecule has 0 fully saturated rings. The standard InChI is InChI=1S/C24H18N4S/c1-4-10-18(11-5-1)23-21(16-28(27-23)20-14-8-3-9-15-20)22-17-29-24(26-22)25-19-12-6-2-7-13-19/h1-17H,(H,25,26). The number of thiazole rings is 1. The molecular formula is C24H18N4S. The summed E-state index contributed by atoms with van der Waals surface area (Å²) in [5, 5.41) is 11.2. The molecule has 2 aromatic heterocycles. The van der Waals surface area contributed by atoms with E-state index in [1.54, 1.807) is 11.3 Å². The first kappa shape index (κ1) is 17.4. The molecule has 0 amide bonds. The number of hydrogen-bond acceptors (Lipinski definition) is 4. The second-order valence-corrected chi connectivity index (χ2v) is 7.42. The molecule has 29 heavy (non-hydrogen) atoms. The van der Waals surface area contributed by atoms with E-state index in [1.165, 1.54) is 0 Å². The summed E-state index contributed by atoms with van der Waals surface area (Å²) in [5.74, 6) is 0. The first-order valence-corrected chi connectivity index (χ1v) is 10.2. The molecule has 0 aliphatic rings. The highest BCUT2D eigenvalue weighted by Crippen LogP contribution is 2.34. The predicted molar refractivity (Wildman–Crippen MR) is 120 cm³/mol. The zero-order chi connectivity index (χ0) is 19.5. The van der Waals surface area contributed by atoms with E-state index in [9.17, 15) is 0 Å². The summed E-state index contributed by atoms with van der Waals surface area (Å²) in [6, 6.07) is 30.5. The van der Waals surface area contributed by atoms with Crippen molar-refractivity contribution in [2.75, 3.05) is 5.32 Å². The molecule has 5 heteroatoms. The average Bonchev–Trinajstić information content (AvgIpc) is 3.43. The van der Waals surface area contributed by atoms with E-state index in [0.29, 0.717) is 0 Å². The van der Waals surface area contributed by atoms with Crippen molar-refractivity contribution in [2.24, 2.45) is 0 Å². The third-order valence-corrected chi connectivity index (χ3v) is 5.35. The van der Waals surface area contributed by atoms with Gasteiger partial charge in [-0.3, -0.25) is 0 Å². The third kappa shape index (κ3) is 3.68. The van der Waals surface area contributed by atoms with Crippen LogP contribution in [-0.4, -0.2) is 14.8 Å². The van der Waals surface area contributed by atoms with Gasteiger partial charge in [-0.15, -0.1) is 11.3 Å². The number of aromatic nitrogens is 3. The number of benzene rings is 3.